The molecular formula is C21H20N2O3S. The summed E-state index contributed by atoms with van der Waals surface area (Å²) in [6.07, 6.45) is 3.80. The van der Waals surface area contributed by atoms with Crippen molar-refractivity contribution in [1.82, 2.24) is 5.01 Å². The topological polar surface area (TPSA) is 59.0 Å². The predicted octanol–water partition coefficient (Wildman–Crippen LogP) is 4.96. The first kappa shape index (κ1) is 17.7. The maximum absolute atomic E-state index is 12.9. The lowest BCUT2D eigenvalue weighted by atomic mass is 10.1. The highest BCUT2D eigenvalue weighted by atomic mass is 32.2. The van der Waals surface area contributed by atoms with Gasteiger partial charge in [-0.1, -0.05) is 17.7 Å². The zero-order valence-electron chi connectivity index (χ0n) is 15.2. The van der Waals surface area contributed by atoms with E-state index in [1.54, 1.807) is 12.5 Å². The van der Waals surface area contributed by atoms with Crippen LogP contribution in [-0.4, -0.2) is 22.4 Å². The number of benzene rings is 1. The Bertz CT molecular complexity index is 961. The van der Waals surface area contributed by atoms with E-state index in [1.165, 1.54) is 27.9 Å². The fraction of sp³-hybridized carbons (Fsp3) is 0.238. The van der Waals surface area contributed by atoms with Crippen molar-refractivity contribution < 1.29 is 13.6 Å². The number of hydrogen-bond acceptors (Lipinski definition) is 5. The highest BCUT2D eigenvalue weighted by Gasteiger charge is 2.35. The molecule has 0 saturated heterocycles. The summed E-state index contributed by atoms with van der Waals surface area (Å²) in [7, 11) is 0. The van der Waals surface area contributed by atoms with Crippen LogP contribution in [0.15, 0.2) is 73.8 Å². The molecule has 1 atom stereocenters. The first-order chi connectivity index (χ1) is 13.1. The molecule has 0 N–H and O–H groups in total. The summed E-state index contributed by atoms with van der Waals surface area (Å²) < 4.78 is 11.0. The van der Waals surface area contributed by atoms with Gasteiger partial charge >= 0.3 is 0 Å². The third-order valence-corrected chi connectivity index (χ3v) is 5.69. The van der Waals surface area contributed by atoms with Crippen molar-refractivity contribution in [2.24, 2.45) is 5.10 Å². The quantitative estimate of drug-likeness (QED) is 0.587. The van der Waals surface area contributed by atoms with Crippen LogP contribution in [0.3, 0.4) is 0 Å². The zero-order valence-corrected chi connectivity index (χ0v) is 16.0. The monoisotopic (exact) mass is 380 g/mol. The SMILES string of the molecule is Cc1ccc(SCC(=O)N2N=C(c3ccco3)CC2c2ccco2)c(C)c1. The van der Waals surface area contributed by atoms with E-state index >= 15 is 0 Å². The summed E-state index contributed by atoms with van der Waals surface area (Å²) in [5.74, 6) is 1.67. The van der Waals surface area contributed by atoms with E-state index < -0.39 is 0 Å². The second-order valence-electron chi connectivity index (χ2n) is 6.56. The Morgan fingerprint density at radius 2 is 2.00 bits per heavy atom. The number of amides is 1. The van der Waals surface area contributed by atoms with E-state index in [9.17, 15) is 4.79 Å². The van der Waals surface area contributed by atoms with Gasteiger partial charge in [0.05, 0.1) is 18.3 Å². The molecule has 138 valence electrons. The summed E-state index contributed by atoms with van der Waals surface area (Å²) in [4.78, 5) is 14.1. The Balaban J connectivity index is 1.53. The fourth-order valence-corrected chi connectivity index (χ4v) is 4.06. The Morgan fingerprint density at radius 3 is 2.70 bits per heavy atom. The molecular weight excluding hydrogens is 360 g/mol. The lowest BCUT2D eigenvalue weighted by Crippen LogP contribution is -2.28. The minimum atomic E-state index is -0.243. The van der Waals surface area contributed by atoms with Crippen LogP contribution in [0.25, 0.3) is 0 Å². The summed E-state index contributed by atoms with van der Waals surface area (Å²) in [5, 5.41) is 6.08. The molecule has 4 rings (SSSR count). The summed E-state index contributed by atoms with van der Waals surface area (Å²) in [6, 6.07) is 13.4. The number of hydrazone groups is 1. The number of thioether (sulfide) groups is 1. The van der Waals surface area contributed by atoms with Crippen LogP contribution in [0.4, 0.5) is 0 Å². The van der Waals surface area contributed by atoms with Crippen molar-refractivity contribution in [3.8, 4) is 0 Å². The average molecular weight is 380 g/mol. The number of nitrogens with zero attached hydrogens (tertiary/aromatic N) is 2. The van der Waals surface area contributed by atoms with Crippen molar-refractivity contribution in [3.05, 3.63) is 77.6 Å². The van der Waals surface area contributed by atoms with Crippen LogP contribution in [0, 0.1) is 13.8 Å². The molecule has 3 aromatic rings. The normalized spacial score (nSPS) is 16.6. The van der Waals surface area contributed by atoms with Gasteiger partial charge in [-0.25, -0.2) is 5.01 Å². The maximum Gasteiger partial charge on any atom is 0.253 e. The van der Waals surface area contributed by atoms with Gasteiger partial charge in [-0.3, -0.25) is 4.79 Å². The van der Waals surface area contributed by atoms with Gasteiger partial charge in [0.1, 0.15) is 23.3 Å². The number of furan rings is 2. The molecule has 5 nitrogen and oxygen atoms in total. The molecule has 0 fully saturated rings. The van der Waals surface area contributed by atoms with E-state index in [2.05, 4.69) is 37.1 Å². The van der Waals surface area contributed by atoms with E-state index in [-0.39, 0.29) is 11.9 Å². The van der Waals surface area contributed by atoms with Gasteiger partial charge in [0.25, 0.3) is 5.91 Å². The first-order valence-corrected chi connectivity index (χ1v) is 9.77. The van der Waals surface area contributed by atoms with Gasteiger partial charge in [0.2, 0.25) is 0 Å². The van der Waals surface area contributed by atoms with Gasteiger partial charge in [0.15, 0.2) is 0 Å². The van der Waals surface area contributed by atoms with Crippen LogP contribution >= 0.6 is 11.8 Å². The Morgan fingerprint density at radius 1 is 1.19 bits per heavy atom. The van der Waals surface area contributed by atoms with Crippen LogP contribution in [0.5, 0.6) is 0 Å². The average Bonchev–Trinajstić information content (AvgIpc) is 3.40. The highest BCUT2D eigenvalue weighted by Crippen LogP contribution is 2.34. The fourth-order valence-electron chi connectivity index (χ4n) is 3.20. The molecule has 27 heavy (non-hydrogen) atoms. The number of rotatable bonds is 5. The molecule has 1 aromatic carbocycles. The molecule has 1 aliphatic heterocycles. The standard InChI is InChI=1S/C21H20N2O3S/c1-14-7-8-20(15(2)11-14)27-13-21(24)23-17(19-6-4-10-26-19)12-16(22-23)18-5-3-9-25-18/h3-11,17H,12-13H2,1-2H3. The molecule has 0 radical (unpaired) electrons. The number of carbonyl (C=O) groups is 1. The summed E-state index contributed by atoms with van der Waals surface area (Å²) in [6.45, 7) is 4.13. The highest BCUT2D eigenvalue weighted by molar-refractivity contribution is 8.00. The minimum Gasteiger partial charge on any atom is -0.467 e. The number of hydrogen-bond donors (Lipinski definition) is 0. The summed E-state index contributed by atoms with van der Waals surface area (Å²) >= 11 is 1.53. The lowest BCUT2D eigenvalue weighted by molar-refractivity contribution is -0.130. The van der Waals surface area contributed by atoms with Crippen molar-refractivity contribution in [2.75, 3.05) is 5.75 Å². The number of carbonyl (C=O) groups excluding carboxylic acids is 1. The molecule has 0 bridgehead atoms. The molecule has 0 aliphatic carbocycles. The first-order valence-electron chi connectivity index (χ1n) is 8.78. The van der Waals surface area contributed by atoms with E-state index in [1.807, 2.05) is 24.3 Å². The van der Waals surface area contributed by atoms with Crippen LogP contribution in [-0.2, 0) is 4.79 Å². The zero-order chi connectivity index (χ0) is 18.8. The van der Waals surface area contributed by atoms with Gasteiger partial charge < -0.3 is 8.83 Å². The Labute approximate surface area is 162 Å². The molecule has 2 aromatic heterocycles. The molecule has 6 heteroatoms. The second-order valence-corrected chi connectivity index (χ2v) is 7.57. The van der Waals surface area contributed by atoms with Gasteiger partial charge in [-0.15, -0.1) is 11.8 Å². The molecule has 1 unspecified atom stereocenters. The lowest BCUT2D eigenvalue weighted by Gasteiger charge is -2.19. The van der Waals surface area contributed by atoms with E-state index in [0.29, 0.717) is 17.9 Å². The Kier molecular flexibility index (Phi) is 4.90. The van der Waals surface area contributed by atoms with Gasteiger partial charge in [-0.05, 0) is 49.7 Å². The van der Waals surface area contributed by atoms with Crippen molar-refractivity contribution >= 4 is 23.4 Å². The smallest absolute Gasteiger partial charge is 0.253 e. The molecule has 1 aliphatic rings. The Hall–Kier alpha value is -2.73. The van der Waals surface area contributed by atoms with Crippen molar-refractivity contribution in [2.45, 2.75) is 31.2 Å². The third-order valence-electron chi connectivity index (χ3n) is 4.52. The molecule has 3 heterocycles. The largest absolute Gasteiger partial charge is 0.467 e. The molecule has 1 amide bonds. The van der Waals surface area contributed by atoms with Crippen LogP contribution in [0.2, 0.25) is 0 Å². The van der Waals surface area contributed by atoms with Crippen molar-refractivity contribution in [1.29, 1.82) is 0 Å². The predicted molar refractivity (Wildman–Crippen MR) is 105 cm³/mol. The molecule has 0 saturated carbocycles. The van der Waals surface area contributed by atoms with E-state index in [4.69, 9.17) is 8.83 Å². The molecule has 0 spiro atoms. The van der Waals surface area contributed by atoms with Crippen LogP contribution in [0.1, 0.15) is 35.1 Å². The third kappa shape index (κ3) is 3.71. The van der Waals surface area contributed by atoms with Gasteiger partial charge in [-0.2, -0.15) is 5.10 Å². The number of aryl methyl sites for hydroxylation is 2. The summed E-state index contributed by atoms with van der Waals surface area (Å²) in [5.41, 5.74) is 3.15. The minimum absolute atomic E-state index is 0.0528. The van der Waals surface area contributed by atoms with E-state index in [0.717, 1.165) is 16.4 Å². The van der Waals surface area contributed by atoms with Gasteiger partial charge in [0, 0.05) is 11.3 Å². The van der Waals surface area contributed by atoms with Crippen molar-refractivity contribution in [3.63, 3.8) is 0 Å². The second kappa shape index (κ2) is 7.48. The maximum atomic E-state index is 12.9. The van der Waals surface area contributed by atoms with Crippen LogP contribution < -0.4 is 0 Å².